The molecule has 2 aromatic rings. The lowest BCUT2D eigenvalue weighted by Crippen LogP contribution is -2.06. The quantitative estimate of drug-likeness (QED) is 0.941. The summed E-state index contributed by atoms with van der Waals surface area (Å²) < 4.78 is 42.9. The van der Waals surface area contributed by atoms with Gasteiger partial charge in [-0.15, -0.1) is 5.10 Å². The molecule has 1 heterocycles. The van der Waals surface area contributed by atoms with Gasteiger partial charge in [-0.25, -0.2) is 4.79 Å². The third kappa shape index (κ3) is 3.47. The Kier molecular flexibility index (Phi) is 3.79. The molecule has 0 radical (unpaired) electrons. The largest absolute Gasteiger partial charge is 0.477 e. The second-order valence-electron chi connectivity index (χ2n) is 4.14. The lowest BCUT2D eigenvalue weighted by atomic mass is 10.2. The molecule has 2 rings (SSSR count). The number of rotatable bonds is 3. The summed E-state index contributed by atoms with van der Waals surface area (Å²) in [6.07, 6.45) is -4.52. The highest BCUT2D eigenvalue weighted by atomic mass is 19.4. The molecular formula is C13H9F3N2O3. The lowest BCUT2D eigenvalue weighted by molar-refractivity contribution is -0.137. The number of alkyl halides is 3. The fraction of sp³-hybridized carbons (Fsp3) is 0.154. The van der Waals surface area contributed by atoms with Gasteiger partial charge in [0.1, 0.15) is 11.3 Å². The molecule has 0 aliphatic heterocycles. The van der Waals surface area contributed by atoms with E-state index < -0.39 is 17.7 Å². The first-order valence-electron chi connectivity index (χ1n) is 5.70. The van der Waals surface area contributed by atoms with Crippen LogP contribution in [0, 0.1) is 6.92 Å². The Labute approximate surface area is 117 Å². The summed E-state index contributed by atoms with van der Waals surface area (Å²) in [4.78, 5) is 11.1. The van der Waals surface area contributed by atoms with Gasteiger partial charge in [0.2, 0.25) is 0 Å². The van der Waals surface area contributed by atoms with Crippen molar-refractivity contribution in [1.82, 2.24) is 10.2 Å². The maximum atomic E-state index is 12.6. The second-order valence-corrected chi connectivity index (χ2v) is 4.14. The van der Waals surface area contributed by atoms with Crippen molar-refractivity contribution in [3.8, 4) is 11.6 Å². The first-order chi connectivity index (χ1) is 9.77. The van der Waals surface area contributed by atoms with Crippen molar-refractivity contribution in [2.75, 3.05) is 0 Å². The van der Waals surface area contributed by atoms with Crippen LogP contribution in [0.15, 0.2) is 30.3 Å². The SMILES string of the molecule is Cc1cc(C(=O)O)c(Oc2cccc(C(F)(F)F)c2)nn1. The zero-order valence-electron chi connectivity index (χ0n) is 10.7. The lowest BCUT2D eigenvalue weighted by Gasteiger charge is -2.10. The molecule has 0 aliphatic carbocycles. The van der Waals surface area contributed by atoms with E-state index in [1.807, 2.05) is 0 Å². The molecule has 0 unspecified atom stereocenters. The molecule has 0 fully saturated rings. The van der Waals surface area contributed by atoms with Gasteiger partial charge < -0.3 is 9.84 Å². The number of aromatic carboxylic acids is 1. The number of benzene rings is 1. The molecule has 1 aromatic heterocycles. The van der Waals surface area contributed by atoms with E-state index in [9.17, 15) is 18.0 Å². The Balaban J connectivity index is 2.37. The average molecular weight is 298 g/mol. The van der Waals surface area contributed by atoms with E-state index >= 15 is 0 Å². The number of carboxylic acids is 1. The summed E-state index contributed by atoms with van der Waals surface area (Å²) in [5, 5.41) is 16.2. The normalized spacial score (nSPS) is 11.2. The number of hydrogen-bond donors (Lipinski definition) is 1. The van der Waals surface area contributed by atoms with E-state index in [-0.39, 0.29) is 17.2 Å². The van der Waals surface area contributed by atoms with Gasteiger partial charge in [-0.1, -0.05) is 6.07 Å². The first kappa shape index (κ1) is 14.8. The van der Waals surface area contributed by atoms with Crippen LogP contribution in [0.5, 0.6) is 11.6 Å². The van der Waals surface area contributed by atoms with Crippen molar-refractivity contribution in [3.63, 3.8) is 0 Å². The van der Waals surface area contributed by atoms with E-state index in [4.69, 9.17) is 9.84 Å². The van der Waals surface area contributed by atoms with Crippen LogP contribution in [-0.2, 0) is 6.18 Å². The third-order valence-corrected chi connectivity index (χ3v) is 2.49. The smallest absolute Gasteiger partial charge is 0.416 e. The van der Waals surface area contributed by atoms with E-state index in [0.29, 0.717) is 5.69 Å². The molecule has 1 N–H and O–H groups in total. The van der Waals surface area contributed by atoms with Crippen molar-refractivity contribution >= 4 is 5.97 Å². The summed E-state index contributed by atoms with van der Waals surface area (Å²) in [6.45, 7) is 1.54. The Morgan fingerprint density at radius 3 is 2.57 bits per heavy atom. The minimum absolute atomic E-state index is 0.175. The molecule has 0 atom stereocenters. The zero-order valence-corrected chi connectivity index (χ0v) is 10.7. The van der Waals surface area contributed by atoms with Crippen LogP contribution in [0.3, 0.4) is 0 Å². The number of aromatic nitrogens is 2. The van der Waals surface area contributed by atoms with Crippen molar-refractivity contribution in [1.29, 1.82) is 0 Å². The number of carbonyl (C=O) groups is 1. The Morgan fingerprint density at radius 2 is 1.95 bits per heavy atom. The Bertz CT molecular complexity index is 687. The highest BCUT2D eigenvalue weighted by Gasteiger charge is 2.30. The fourth-order valence-corrected chi connectivity index (χ4v) is 1.55. The van der Waals surface area contributed by atoms with Crippen molar-refractivity contribution < 1.29 is 27.8 Å². The van der Waals surface area contributed by atoms with Gasteiger partial charge in [-0.05, 0) is 31.2 Å². The van der Waals surface area contributed by atoms with E-state index in [1.165, 1.54) is 19.1 Å². The average Bonchev–Trinajstić information content (AvgIpc) is 2.40. The summed E-state index contributed by atoms with van der Waals surface area (Å²) in [6, 6.07) is 5.28. The van der Waals surface area contributed by atoms with Crippen molar-refractivity contribution in [3.05, 3.63) is 47.2 Å². The van der Waals surface area contributed by atoms with Crippen LogP contribution < -0.4 is 4.74 Å². The van der Waals surface area contributed by atoms with Crippen LogP contribution in [0.1, 0.15) is 21.6 Å². The zero-order chi connectivity index (χ0) is 15.6. The van der Waals surface area contributed by atoms with Gasteiger partial charge in [-0.3, -0.25) is 0 Å². The number of halogens is 3. The van der Waals surface area contributed by atoms with Gasteiger partial charge in [0.25, 0.3) is 5.88 Å². The van der Waals surface area contributed by atoms with Gasteiger partial charge in [0, 0.05) is 0 Å². The van der Waals surface area contributed by atoms with Crippen molar-refractivity contribution in [2.24, 2.45) is 0 Å². The predicted molar refractivity (Wildman–Crippen MR) is 65.2 cm³/mol. The molecule has 0 aliphatic rings. The molecule has 1 aromatic carbocycles. The van der Waals surface area contributed by atoms with E-state index in [0.717, 1.165) is 18.2 Å². The van der Waals surface area contributed by atoms with Gasteiger partial charge in [0.05, 0.1) is 11.3 Å². The van der Waals surface area contributed by atoms with Gasteiger partial charge in [-0.2, -0.15) is 18.3 Å². The number of carboxylic acid groups (broad SMARTS) is 1. The third-order valence-electron chi connectivity index (χ3n) is 2.49. The topological polar surface area (TPSA) is 72.3 Å². The van der Waals surface area contributed by atoms with Crippen LogP contribution in [0.4, 0.5) is 13.2 Å². The van der Waals surface area contributed by atoms with Crippen LogP contribution >= 0.6 is 0 Å². The monoisotopic (exact) mass is 298 g/mol. The minimum Gasteiger partial charge on any atom is -0.477 e. The standard InChI is InChI=1S/C13H9F3N2O3/c1-7-5-10(12(19)20)11(18-17-7)21-9-4-2-3-8(6-9)13(14,15)16/h2-6H,1H3,(H,19,20). The highest BCUT2D eigenvalue weighted by molar-refractivity contribution is 5.90. The molecular weight excluding hydrogens is 289 g/mol. The van der Waals surface area contributed by atoms with Crippen LogP contribution in [0.25, 0.3) is 0 Å². The second kappa shape index (κ2) is 5.39. The van der Waals surface area contributed by atoms with Crippen LogP contribution in [0.2, 0.25) is 0 Å². The van der Waals surface area contributed by atoms with Gasteiger partial charge >= 0.3 is 12.1 Å². The highest BCUT2D eigenvalue weighted by Crippen LogP contribution is 2.32. The number of aryl methyl sites for hydroxylation is 1. The van der Waals surface area contributed by atoms with Crippen LogP contribution in [-0.4, -0.2) is 21.3 Å². The van der Waals surface area contributed by atoms with Crippen molar-refractivity contribution in [2.45, 2.75) is 13.1 Å². The summed E-state index contributed by atoms with van der Waals surface area (Å²) in [7, 11) is 0. The maximum absolute atomic E-state index is 12.6. The Morgan fingerprint density at radius 1 is 1.24 bits per heavy atom. The number of hydrogen-bond acceptors (Lipinski definition) is 4. The molecule has 5 nitrogen and oxygen atoms in total. The molecule has 0 saturated heterocycles. The van der Waals surface area contributed by atoms with E-state index in [2.05, 4.69) is 10.2 Å². The Hall–Kier alpha value is -2.64. The molecule has 110 valence electrons. The fourth-order valence-electron chi connectivity index (χ4n) is 1.55. The predicted octanol–water partition coefficient (Wildman–Crippen LogP) is 3.29. The van der Waals surface area contributed by atoms with E-state index in [1.54, 1.807) is 0 Å². The summed E-state index contributed by atoms with van der Waals surface area (Å²) in [5.41, 5.74) is -0.833. The van der Waals surface area contributed by atoms with Gasteiger partial charge in [0.15, 0.2) is 0 Å². The molecule has 8 heteroatoms. The molecule has 0 bridgehead atoms. The molecule has 0 saturated carbocycles. The maximum Gasteiger partial charge on any atom is 0.416 e. The number of nitrogens with zero attached hydrogens (tertiary/aromatic N) is 2. The molecule has 0 spiro atoms. The number of ether oxygens (including phenoxy) is 1. The minimum atomic E-state index is -4.52. The summed E-state index contributed by atoms with van der Waals surface area (Å²) in [5.74, 6) is -1.85. The molecule has 0 amide bonds. The molecule has 21 heavy (non-hydrogen) atoms. The first-order valence-corrected chi connectivity index (χ1v) is 5.70. The summed E-state index contributed by atoms with van der Waals surface area (Å²) >= 11 is 0.